The fourth-order valence-electron chi connectivity index (χ4n) is 3.06. The maximum Gasteiger partial charge on any atom is 0.325 e. The van der Waals surface area contributed by atoms with E-state index in [-0.39, 0.29) is 11.4 Å². The minimum atomic E-state index is -1.34. The summed E-state index contributed by atoms with van der Waals surface area (Å²) in [7, 11) is 0. The molecule has 1 saturated heterocycles. The molecule has 4 amide bonds. The molecule has 0 bridgehead atoms. The summed E-state index contributed by atoms with van der Waals surface area (Å²) in [4.78, 5) is 38.5. The van der Waals surface area contributed by atoms with E-state index in [0.717, 1.165) is 4.90 Å². The van der Waals surface area contributed by atoms with E-state index in [1.54, 1.807) is 13.0 Å². The van der Waals surface area contributed by atoms with Crippen LogP contribution >= 0.6 is 23.2 Å². The number of nitrogens with zero attached hydrogens (tertiary/aromatic N) is 1. The molecular formula is C19H16Cl2FN3O3. The largest absolute Gasteiger partial charge is 0.325 e. The molecule has 1 heterocycles. The molecule has 9 heteroatoms. The number of amides is 4. The Morgan fingerprint density at radius 1 is 1.14 bits per heavy atom. The lowest BCUT2D eigenvalue weighted by Gasteiger charge is -2.25. The molecule has 1 aliphatic heterocycles. The Balaban J connectivity index is 1.78. The van der Waals surface area contributed by atoms with Gasteiger partial charge in [0.25, 0.3) is 5.91 Å². The van der Waals surface area contributed by atoms with Crippen molar-refractivity contribution in [3.8, 4) is 0 Å². The van der Waals surface area contributed by atoms with E-state index in [0.29, 0.717) is 16.3 Å². The van der Waals surface area contributed by atoms with Crippen LogP contribution < -0.4 is 10.6 Å². The molecule has 0 aliphatic carbocycles. The summed E-state index contributed by atoms with van der Waals surface area (Å²) >= 11 is 11.7. The second-order valence-corrected chi connectivity index (χ2v) is 7.08. The number of carbonyl (C=O) groups excluding carboxylic acids is 3. The van der Waals surface area contributed by atoms with Crippen molar-refractivity contribution < 1.29 is 18.8 Å². The lowest BCUT2D eigenvalue weighted by Crippen LogP contribution is -2.44. The van der Waals surface area contributed by atoms with Crippen LogP contribution in [0.25, 0.3) is 0 Å². The highest BCUT2D eigenvalue weighted by Gasteiger charge is 2.51. The smallest absolute Gasteiger partial charge is 0.324 e. The van der Waals surface area contributed by atoms with Gasteiger partial charge < -0.3 is 10.6 Å². The quantitative estimate of drug-likeness (QED) is 0.715. The number of imide groups is 1. The molecule has 1 fully saturated rings. The summed E-state index contributed by atoms with van der Waals surface area (Å²) in [6.45, 7) is 1.24. The summed E-state index contributed by atoms with van der Waals surface area (Å²) in [6, 6.07) is 9.14. The summed E-state index contributed by atoms with van der Waals surface area (Å²) in [5.74, 6) is -1.60. The average molecular weight is 424 g/mol. The number of urea groups is 1. The number of benzene rings is 2. The molecule has 1 aliphatic rings. The Kier molecular flexibility index (Phi) is 5.58. The average Bonchev–Trinajstić information content (AvgIpc) is 2.90. The molecule has 0 spiro atoms. The number of hydrogen-bond acceptors (Lipinski definition) is 3. The zero-order chi connectivity index (χ0) is 20.5. The molecule has 2 N–H and O–H groups in total. The molecule has 1 atom stereocenters. The Morgan fingerprint density at radius 2 is 1.82 bits per heavy atom. The van der Waals surface area contributed by atoms with Crippen molar-refractivity contribution in [1.29, 1.82) is 0 Å². The van der Waals surface area contributed by atoms with Gasteiger partial charge in [-0.1, -0.05) is 42.3 Å². The van der Waals surface area contributed by atoms with Crippen LogP contribution in [-0.4, -0.2) is 29.3 Å². The van der Waals surface area contributed by atoms with Gasteiger partial charge in [-0.05, 0) is 42.3 Å². The predicted molar refractivity (Wildman–Crippen MR) is 104 cm³/mol. The van der Waals surface area contributed by atoms with Crippen LogP contribution in [0.1, 0.15) is 18.9 Å². The van der Waals surface area contributed by atoms with Crippen LogP contribution in [0.3, 0.4) is 0 Å². The van der Waals surface area contributed by atoms with Crippen LogP contribution in [0.5, 0.6) is 0 Å². The molecule has 0 saturated carbocycles. The van der Waals surface area contributed by atoms with Crippen LogP contribution in [0.15, 0.2) is 42.5 Å². The molecule has 3 rings (SSSR count). The standard InChI is InChI=1S/C19H16Cl2FN3O3/c1-2-19(11-3-5-12(22)6-4-11)17(27)25(18(28)24-19)10-16(26)23-13-7-8-14(20)15(21)9-13/h3-9H,2,10H2,1H3,(H,23,26)(H,24,28). The van der Waals surface area contributed by atoms with Gasteiger partial charge in [0.15, 0.2) is 0 Å². The summed E-state index contributed by atoms with van der Waals surface area (Å²) in [5.41, 5.74) is -0.511. The monoisotopic (exact) mass is 423 g/mol. The van der Waals surface area contributed by atoms with Crippen molar-refractivity contribution in [1.82, 2.24) is 10.2 Å². The van der Waals surface area contributed by atoms with Crippen molar-refractivity contribution in [2.45, 2.75) is 18.9 Å². The van der Waals surface area contributed by atoms with Crippen molar-refractivity contribution >= 4 is 46.7 Å². The van der Waals surface area contributed by atoms with Gasteiger partial charge in [0.2, 0.25) is 5.91 Å². The van der Waals surface area contributed by atoms with Crippen LogP contribution in [0, 0.1) is 5.82 Å². The predicted octanol–water partition coefficient (Wildman–Crippen LogP) is 3.93. The maximum atomic E-state index is 13.2. The highest BCUT2D eigenvalue weighted by molar-refractivity contribution is 6.42. The minimum absolute atomic E-state index is 0.244. The Labute approximate surface area is 170 Å². The lowest BCUT2D eigenvalue weighted by molar-refractivity contribution is -0.134. The van der Waals surface area contributed by atoms with E-state index in [1.807, 2.05) is 0 Å². The third kappa shape index (κ3) is 3.68. The highest BCUT2D eigenvalue weighted by Crippen LogP contribution is 2.32. The Hall–Kier alpha value is -2.64. The summed E-state index contributed by atoms with van der Waals surface area (Å²) in [5, 5.41) is 5.79. The first-order valence-corrected chi connectivity index (χ1v) is 9.17. The summed E-state index contributed by atoms with van der Waals surface area (Å²) in [6.07, 6.45) is 0.244. The number of anilines is 1. The molecule has 2 aromatic rings. The van der Waals surface area contributed by atoms with Crippen LogP contribution in [0.4, 0.5) is 14.9 Å². The molecule has 1 unspecified atom stereocenters. The number of halogens is 3. The number of carbonyl (C=O) groups is 3. The lowest BCUT2D eigenvalue weighted by atomic mass is 9.87. The summed E-state index contributed by atoms with van der Waals surface area (Å²) < 4.78 is 13.2. The second kappa shape index (κ2) is 7.77. The zero-order valence-corrected chi connectivity index (χ0v) is 16.3. The molecular weight excluding hydrogens is 408 g/mol. The highest BCUT2D eigenvalue weighted by atomic mass is 35.5. The SMILES string of the molecule is CCC1(c2ccc(F)cc2)NC(=O)N(CC(=O)Nc2ccc(Cl)c(Cl)c2)C1=O. The number of hydrogen-bond donors (Lipinski definition) is 2. The maximum absolute atomic E-state index is 13.2. The van der Waals surface area contributed by atoms with Gasteiger partial charge in [-0.25, -0.2) is 9.18 Å². The number of rotatable bonds is 5. The van der Waals surface area contributed by atoms with E-state index in [4.69, 9.17) is 23.2 Å². The van der Waals surface area contributed by atoms with Gasteiger partial charge in [-0.2, -0.15) is 0 Å². The molecule has 0 aromatic heterocycles. The first kappa shape index (κ1) is 20.1. The van der Waals surface area contributed by atoms with Gasteiger partial charge in [-0.3, -0.25) is 14.5 Å². The molecule has 0 radical (unpaired) electrons. The van der Waals surface area contributed by atoms with E-state index >= 15 is 0 Å². The Morgan fingerprint density at radius 3 is 2.43 bits per heavy atom. The fourth-order valence-corrected chi connectivity index (χ4v) is 3.36. The van der Waals surface area contributed by atoms with Gasteiger partial charge in [0, 0.05) is 5.69 Å². The van der Waals surface area contributed by atoms with Crippen molar-refractivity contribution in [3.63, 3.8) is 0 Å². The van der Waals surface area contributed by atoms with Gasteiger partial charge >= 0.3 is 6.03 Å². The van der Waals surface area contributed by atoms with E-state index < -0.39 is 35.7 Å². The minimum Gasteiger partial charge on any atom is -0.324 e. The van der Waals surface area contributed by atoms with E-state index in [1.165, 1.54) is 36.4 Å². The Bertz CT molecular complexity index is 952. The first-order chi connectivity index (χ1) is 13.3. The topological polar surface area (TPSA) is 78.5 Å². The van der Waals surface area contributed by atoms with Gasteiger partial charge in [0.1, 0.15) is 17.9 Å². The van der Waals surface area contributed by atoms with Crippen molar-refractivity contribution in [2.75, 3.05) is 11.9 Å². The van der Waals surface area contributed by atoms with E-state index in [9.17, 15) is 18.8 Å². The molecule has 146 valence electrons. The van der Waals surface area contributed by atoms with Crippen LogP contribution in [-0.2, 0) is 15.1 Å². The molecule has 2 aromatic carbocycles. The van der Waals surface area contributed by atoms with Gasteiger partial charge in [-0.15, -0.1) is 0 Å². The third-order valence-corrected chi connectivity index (χ3v) is 5.29. The first-order valence-electron chi connectivity index (χ1n) is 8.42. The van der Waals surface area contributed by atoms with Crippen molar-refractivity contribution in [2.24, 2.45) is 0 Å². The molecule has 6 nitrogen and oxygen atoms in total. The van der Waals surface area contributed by atoms with E-state index in [2.05, 4.69) is 10.6 Å². The zero-order valence-electron chi connectivity index (χ0n) is 14.8. The van der Waals surface area contributed by atoms with Crippen molar-refractivity contribution in [3.05, 3.63) is 63.9 Å². The third-order valence-electron chi connectivity index (χ3n) is 4.55. The fraction of sp³-hybridized carbons (Fsp3) is 0.211. The molecule has 28 heavy (non-hydrogen) atoms. The normalized spacial score (nSPS) is 18.9. The van der Waals surface area contributed by atoms with Gasteiger partial charge in [0.05, 0.1) is 10.0 Å². The number of nitrogens with one attached hydrogen (secondary N) is 2. The second-order valence-electron chi connectivity index (χ2n) is 6.26. The van der Waals surface area contributed by atoms with Crippen LogP contribution in [0.2, 0.25) is 10.0 Å².